The summed E-state index contributed by atoms with van der Waals surface area (Å²) in [6, 6.07) is 4.97. The molecular weight excluding hydrogens is 326 g/mol. The second-order valence-electron chi connectivity index (χ2n) is 6.12. The summed E-state index contributed by atoms with van der Waals surface area (Å²) in [7, 11) is 1.60. The molecule has 0 unspecified atom stereocenters. The quantitative estimate of drug-likeness (QED) is 0.472. The van der Waals surface area contributed by atoms with Crippen molar-refractivity contribution < 1.29 is 19.2 Å². The van der Waals surface area contributed by atoms with Gasteiger partial charge in [-0.05, 0) is 25.3 Å². The molecule has 25 heavy (non-hydrogen) atoms. The summed E-state index contributed by atoms with van der Waals surface area (Å²) in [4.78, 5) is 24.4. The zero-order valence-corrected chi connectivity index (χ0v) is 13.7. The van der Waals surface area contributed by atoms with Crippen LogP contribution in [0.5, 0.6) is 5.75 Å². The van der Waals surface area contributed by atoms with E-state index in [2.05, 4.69) is 6.07 Å². The molecule has 1 fully saturated rings. The largest absolute Gasteiger partial charge is 0.467 e. The zero-order valence-electron chi connectivity index (χ0n) is 13.7. The van der Waals surface area contributed by atoms with E-state index >= 15 is 0 Å². The van der Waals surface area contributed by atoms with Crippen LogP contribution >= 0.6 is 0 Å². The van der Waals surface area contributed by atoms with Crippen molar-refractivity contribution >= 4 is 17.7 Å². The maximum absolute atomic E-state index is 12.4. The van der Waals surface area contributed by atoms with Crippen LogP contribution in [0.1, 0.15) is 30.4 Å². The van der Waals surface area contributed by atoms with E-state index in [0.29, 0.717) is 29.7 Å². The predicted molar refractivity (Wildman–Crippen MR) is 87.4 cm³/mol. The molecule has 2 aliphatic rings. The van der Waals surface area contributed by atoms with E-state index in [1.807, 2.05) is 0 Å². The van der Waals surface area contributed by atoms with Gasteiger partial charge in [-0.2, -0.15) is 5.26 Å². The van der Waals surface area contributed by atoms with Gasteiger partial charge in [0.1, 0.15) is 11.3 Å². The van der Waals surface area contributed by atoms with Crippen molar-refractivity contribution in [2.24, 2.45) is 0 Å². The lowest BCUT2D eigenvalue weighted by Crippen LogP contribution is -2.52. The number of likely N-dealkylation sites (N-methyl/N-ethyl adjacent to an activating group) is 1. The molecule has 1 aliphatic heterocycles. The minimum absolute atomic E-state index is 0.0526. The highest BCUT2D eigenvalue weighted by Gasteiger charge is 2.42. The lowest BCUT2D eigenvalue weighted by Gasteiger charge is -2.42. The van der Waals surface area contributed by atoms with Crippen molar-refractivity contribution in [1.82, 2.24) is 4.90 Å². The van der Waals surface area contributed by atoms with Crippen molar-refractivity contribution in [2.45, 2.75) is 31.4 Å². The van der Waals surface area contributed by atoms with Gasteiger partial charge in [-0.25, -0.2) is 0 Å². The highest BCUT2D eigenvalue weighted by Crippen LogP contribution is 2.37. The van der Waals surface area contributed by atoms with Gasteiger partial charge in [0.25, 0.3) is 5.69 Å². The van der Waals surface area contributed by atoms with Crippen molar-refractivity contribution in [3.8, 4) is 11.8 Å². The van der Waals surface area contributed by atoms with Crippen molar-refractivity contribution in [3.63, 3.8) is 0 Å². The van der Waals surface area contributed by atoms with Gasteiger partial charge in [0, 0.05) is 36.4 Å². The molecule has 130 valence electrons. The summed E-state index contributed by atoms with van der Waals surface area (Å²) in [5, 5.41) is 20.4. The van der Waals surface area contributed by atoms with E-state index in [9.17, 15) is 20.2 Å². The maximum atomic E-state index is 12.4. The third-order valence-corrected chi connectivity index (χ3v) is 4.70. The third kappa shape index (κ3) is 3.06. The summed E-state index contributed by atoms with van der Waals surface area (Å²) in [5.41, 5.74) is 0.163. The van der Waals surface area contributed by atoms with Crippen LogP contribution < -0.4 is 4.74 Å². The van der Waals surface area contributed by atoms with Crippen molar-refractivity contribution in [3.05, 3.63) is 39.4 Å². The summed E-state index contributed by atoms with van der Waals surface area (Å²) in [6.07, 6.45) is 5.04. The topological polar surface area (TPSA) is 106 Å². The highest BCUT2D eigenvalue weighted by atomic mass is 16.7. The highest BCUT2D eigenvalue weighted by molar-refractivity contribution is 5.93. The van der Waals surface area contributed by atoms with Crippen molar-refractivity contribution in [2.75, 3.05) is 13.8 Å². The number of amides is 1. The van der Waals surface area contributed by atoms with E-state index in [4.69, 9.17) is 9.47 Å². The molecule has 8 nitrogen and oxygen atoms in total. The molecule has 0 saturated heterocycles. The van der Waals surface area contributed by atoms with Gasteiger partial charge in [-0.3, -0.25) is 14.9 Å². The lowest BCUT2D eigenvalue weighted by atomic mass is 9.76. The van der Waals surface area contributed by atoms with Crippen LogP contribution in [0.2, 0.25) is 0 Å². The first-order valence-electron chi connectivity index (χ1n) is 7.86. The van der Waals surface area contributed by atoms with Crippen molar-refractivity contribution in [1.29, 1.82) is 5.26 Å². The molecule has 0 atom stereocenters. The van der Waals surface area contributed by atoms with Gasteiger partial charge in [0.05, 0.1) is 17.6 Å². The predicted octanol–water partition coefficient (Wildman–Crippen LogP) is 2.38. The first-order chi connectivity index (χ1) is 12.0. The van der Waals surface area contributed by atoms with Gasteiger partial charge >= 0.3 is 0 Å². The minimum Gasteiger partial charge on any atom is -0.467 e. The normalized spacial score (nSPS) is 17.8. The number of hydrogen-bond donors (Lipinski definition) is 0. The molecule has 0 spiro atoms. The van der Waals surface area contributed by atoms with Crippen LogP contribution in [0.3, 0.4) is 0 Å². The molecule has 1 aliphatic carbocycles. The van der Waals surface area contributed by atoms with Crippen LogP contribution in [0, 0.1) is 21.4 Å². The second-order valence-corrected chi connectivity index (χ2v) is 6.12. The zero-order chi connectivity index (χ0) is 18.0. The number of rotatable bonds is 4. The average Bonchev–Trinajstić information content (AvgIpc) is 2.58. The van der Waals surface area contributed by atoms with Crippen LogP contribution in [0.25, 0.3) is 6.08 Å². The molecular formula is C17H17N3O5. The van der Waals surface area contributed by atoms with Gasteiger partial charge in [-0.15, -0.1) is 0 Å². The molecule has 0 bridgehead atoms. The van der Waals surface area contributed by atoms with E-state index in [1.54, 1.807) is 7.05 Å². The van der Waals surface area contributed by atoms with E-state index in [1.165, 1.54) is 29.2 Å². The van der Waals surface area contributed by atoms with E-state index in [-0.39, 0.29) is 25.0 Å². The van der Waals surface area contributed by atoms with Crippen LogP contribution in [0.4, 0.5) is 5.69 Å². The Morgan fingerprint density at radius 3 is 2.84 bits per heavy atom. The number of non-ortho nitro benzene ring substituents is 1. The number of ether oxygens (including phenoxy) is 2. The van der Waals surface area contributed by atoms with Gasteiger partial charge in [0.15, 0.2) is 6.79 Å². The number of nitriles is 1. The molecule has 1 amide bonds. The standard InChI is InChI=1S/C17H17N3O5/c1-19(17(10-18)5-2-6-17)15(21)4-3-12-7-14(20(22)23)8-13-9-24-11-25-16(12)13/h3-4,7-8H,2,5-6,9,11H2,1H3. The minimum atomic E-state index is -0.742. The monoisotopic (exact) mass is 343 g/mol. The fourth-order valence-electron chi connectivity index (χ4n) is 2.98. The Kier molecular flexibility index (Phi) is 4.42. The number of hydrogen-bond acceptors (Lipinski definition) is 6. The molecule has 3 rings (SSSR count). The van der Waals surface area contributed by atoms with E-state index in [0.717, 1.165) is 6.42 Å². The first-order valence-corrected chi connectivity index (χ1v) is 7.86. The maximum Gasteiger partial charge on any atom is 0.270 e. The summed E-state index contributed by atoms with van der Waals surface area (Å²) < 4.78 is 10.6. The van der Waals surface area contributed by atoms with Crippen LogP contribution in [-0.2, 0) is 16.1 Å². The molecule has 1 aromatic carbocycles. The number of nitro groups is 1. The van der Waals surface area contributed by atoms with Crippen LogP contribution in [0.15, 0.2) is 18.2 Å². The Balaban J connectivity index is 1.88. The summed E-state index contributed by atoms with van der Waals surface area (Å²) >= 11 is 0. The molecule has 0 radical (unpaired) electrons. The molecule has 1 saturated carbocycles. The Morgan fingerprint density at radius 2 is 2.24 bits per heavy atom. The molecule has 1 heterocycles. The number of carbonyl (C=O) groups excluding carboxylic acids is 1. The Bertz CT molecular complexity index is 792. The molecule has 8 heteroatoms. The Labute approximate surface area is 144 Å². The summed E-state index contributed by atoms with van der Waals surface area (Å²) in [5.74, 6) is 0.149. The number of benzene rings is 1. The SMILES string of the molecule is CN(C(=O)C=Cc1cc([N+](=O)[O-])cc2c1OCOC2)C1(C#N)CCC1. The summed E-state index contributed by atoms with van der Waals surface area (Å²) in [6.45, 7) is 0.264. The van der Waals surface area contributed by atoms with Gasteiger partial charge in [-0.1, -0.05) is 0 Å². The molecule has 0 aromatic heterocycles. The fraction of sp³-hybridized carbons (Fsp3) is 0.412. The number of nitrogens with zero attached hydrogens (tertiary/aromatic N) is 3. The Hall–Kier alpha value is -2.92. The Morgan fingerprint density at radius 1 is 1.48 bits per heavy atom. The smallest absolute Gasteiger partial charge is 0.270 e. The molecule has 0 N–H and O–H groups in total. The number of nitro benzene ring substituents is 1. The first kappa shape index (κ1) is 16.9. The fourth-order valence-corrected chi connectivity index (χ4v) is 2.98. The number of fused-ring (bicyclic) bond motifs is 1. The van der Waals surface area contributed by atoms with Gasteiger partial charge < -0.3 is 14.4 Å². The number of carbonyl (C=O) groups is 1. The third-order valence-electron chi connectivity index (χ3n) is 4.70. The van der Waals surface area contributed by atoms with Crippen LogP contribution in [-0.4, -0.2) is 35.1 Å². The average molecular weight is 343 g/mol. The second kappa shape index (κ2) is 6.53. The van der Waals surface area contributed by atoms with E-state index < -0.39 is 10.5 Å². The molecule has 1 aromatic rings. The lowest BCUT2D eigenvalue weighted by molar-refractivity contribution is -0.385. The van der Waals surface area contributed by atoms with Gasteiger partial charge in [0.2, 0.25) is 5.91 Å².